The van der Waals surface area contributed by atoms with Crippen molar-refractivity contribution >= 4 is 5.97 Å². The minimum Gasteiger partial charge on any atom is -0.466 e. The van der Waals surface area contributed by atoms with Crippen molar-refractivity contribution in [2.24, 2.45) is 5.92 Å². The molecule has 2 aromatic rings. The second-order valence-corrected chi connectivity index (χ2v) is 6.58. The number of ether oxygens (including phenoxy) is 1. The van der Waals surface area contributed by atoms with E-state index in [9.17, 15) is 4.79 Å². The molecule has 2 aromatic carbocycles. The van der Waals surface area contributed by atoms with Gasteiger partial charge in [-0.1, -0.05) is 60.7 Å². The molecule has 0 radical (unpaired) electrons. The van der Waals surface area contributed by atoms with Gasteiger partial charge in [0.15, 0.2) is 0 Å². The fraction of sp³-hybridized carbons (Fsp3) is 0.381. The predicted molar refractivity (Wildman–Crippen MR) is 98.7 cm³/mol. The summed E-state index contributed by atoms with van der Waals surface area (Å²) in [6, 6.07) is 20.8. The highest BCUT2D eigenvalue weighted by Gasteiger charge is 2.31. The van der Waals surface area contributed by atoms with Crippen molar-refractivity contribution in [2.75, 3.05) is 26.4 Å². The molecule has 132 valence electrons. The molecule has 3 rings (SSSR count). The summed E-state index contributed by atoms with van der Waals surface area (Å²) in [7, 11) is 0. The van der Waals surface area contributed by atoms with Crippen LogP contribution < -0.4 is 0 Å². The van der Waals surface area contributed by atoms with Gasteiger partial charge in [-0.3, -0.25) is 14.6 Å². The lowest BCUT2D eigenvalue weighted by Crippen LogP contribution is -2.51. The van der Waals surface area contributed by atoms with Crippen LogP contribution in [0.25, 0.3) is 0 Å². The Bertz CT molecular complexity index is 611. The summed E-state index contributed by atoms with van der Waals surface area (Å²) in [5.74, 6) is -0.181. The molecule has 0 aromatic heterocycles. The lowest BCUT2D eigenvalue weighted by Gasteiger charge is -2.39. The van der Waals surface area contributed by atoms with Crippen LogP contribution in [-0.2, 0) is 22.6 Å². The smallest absolute Gasteiger partial charge is 0.311 e. The summed E-state index contributed by atoms with van der Waals surface area (Å²) in [5, 5.41) is 0. The van der Waals surface area contributed by atoms with E-state index < -0.39 is 0 Å². The van der Waals surface area contributed by atoms with Crippen LogP contribution in [0.5, 0.6) is 0 Å². The van der Waals surface area contributed by atoms with Gasteiger partial charge >= 0.3 is 5.97 Å². The fourth-order valence-electron chi connectivity index (χ4n) is 3.40. The Balaban J connectivity index is 1.70. The van der Waals surface area contributed by atoms with Crippen molar-refractivity contribution in [1.82, 2.24) is 9.80 Å². The summed E-state index contributed by atoms with van der Waals surface area (Å²) < 4.78 is 5.29. The van der Waals surface area contributed by atoms with Gasteiger partial charge in [0, 0.05) is 26.2 Å². The summed E-state index contributed by atoms with van der Waals surface area (Å²) in [5.41, 5.74) is 2.54. The SMILES string of the molecule is CCOC(=O)C1CN(Cc2ccccc2)CN(Cc2ccccc2)C1. The first-order valence-electron chi connectivity index (χ1n) is 8.94. The van der Waals surface area contributed by atoms with Crippen molar-refractivity contribution in [2.45, 2.75) is 20.0 Å². The van der Waals surface area contributed by atoms with Gasteiger partial charge in [-0.05, 0) is 18.1 Å². The third-order valence-corrected chi connectivity index (χ3v) is 4.48. The van der Waals surface area contributed by atoms with Crippen LogP contribution >= 0.6 is 0 Å². The Hall–Kier alpha value is -2.17. The third kappa shape index (κ3) is 5.15. The molecule has 1 fully saturated rings. The van der Waals surface area contributed by atoms with Crippen molar-refractivity contribution in [3.63, 3.8) is 0 Å². The zero-order valence-electron chi connectivity index (χ0n) is 14.8. The van der Waals surface area contributed by atoms with E-state index in [1.807, 2.05) is 19.1 Å². The molecule has 0 unspecified atom stereocenters. The van der Waals surface area contributed by atoms with Gasteiger partial charge in [0.25, 0.3) is 0 Å². The monoisotopic (exact) mass is 338 g/mol. The van der Waals surface area contributed by atoms with Gasteiger partial charge in [-0.2, -0.15) is 0 Å². The van der Waals surface area contributed by atoms with Gasteiger partial charge in [-0.25, -0.2) is 0 Å². The molecule has 4 heteroatoms. The molecule has 1 heterocycles. The largest absolute Gasteiger partial charge is 0.466 e. The minimum atomic E-state index is -0.0962. The van der Waals surface area contributed by atoms with Gasteiger partial charge in [0.1, 0.15) is 0 Å². The van der Waals surface area contributed by atoms with E-state index >= 15 is 0 Å². The molecule has 0 spiro atoms. The molecule has 0 aliphatic carbocycles. The molecule has 4 nitrogen and oxygen atoms in total. The van der Waals surface area contributed by atoms with E-state index in [-0.39, 0.29) is 11.9 Å². The number of hydrogen-bond acceptors (Lipinski definition) is 4. The maximum atomic E-state index is 12.3. The van der Waals surface area contributed by atoms with E-state index in [1.165, 1.54) is 11.1 Å². The molecular weight excluding hydrogens is 312 g/mol. The Morgan fingerprint density at radius 1 is 0.920 bits per heavy atom. The van der Waals surface area contributed by atoms with Crippen molar-refractivity contribution in [3.05, 3.63) is 71.8 Å². The quantitative estimate of drug-likeness (QED) is 0.758. The number of esters is 1. The molecule has 1 aliphatic rings. The summed E-state index contributed by atoms with van der Waals surface area (Å²) in [6.07, 6.45) is 0. The van der Waals surface area contributed by atoms with Crippen molar-refractivity contribution < 1.29 is 9.53 Å². The maximum Gasteiger partial charge on any atom is 0.311 e. The molecule has 1 saturated heterocycles. The Morgan fingerprint density at radius 3 is 1.84 bits per heavy atom. The van der Waals surface area contributed by atoms with E-state index in [0.717, 1.165) is 32.8 Å². The number of nitrogens with zero attached hydrogens (tertiary/aromatic N) is 2. The van der Waals surface area contributed by atoms with E-state index in [1.54, 1.807) is 0 Å². The van der Waals surface area contributed by atoms with Crippen molar-refractivity contribution in [1.29, 1.82) is 0 Å². The highest BCUT2D eigenvalue weighted by molar-refractivity contribution is 5.73. The summed E-state index contributed by atoms with van der Waals surface area (Å²) in [6.45, 7) is 6.36. The van der Waals surface area contributed by atoms with Gasteiger partial charge in [0.05, 0.1) is 19.2 Å². The Labute approximate surface area is 150 Å². The van der Waals surface area contributed by atoms with E-state index in [4.69, 9.17) is 4.74 Å². The van der Waals surface area contributed by atoms with Gasteiger partial charge < -0.3 is 4.74 Å². The third-order valence-electron chi connectivity index (χ3n) is 4.48. The number of hydrogen-bond donors (Lipinski definition) is 0. The number of carbonyl (C=O) groups excluding carboxylic acids is 1. The second-order valence-electron chi connectivity index (χ2n) is 6.58. The molecule has 1 aliphatic heterocycles. The fourth-order valence-corrected chi connectivity index (χ4v) is 3.40. The Morgan fingerprint density at radius 2 is 1.40 bits per heavy atom. The topological polar surface area (TPSA) is 32.8 Å². The van der Waals surface area contributed by atoms with Crippen LogP contribution in [0.3, 0.4) is 0 Å². The van der Waals surface area contributed by atoms with Crippen LogP contribution in [-0.4, -0.2) is 42.1 Å². The van der Waals surface area contributed by atoms with Crippen LogP contribution in [0.2, 0.25) is 0 Å². The van der Waals surface area contributed by atoms with Crippen LogP contribution in [0.15, 0.2) is 60.7 Å². The summed E-state index contributed by atoms with van der Waals surface area (Å²) >= 11 is 0. The first-order chi connectivity index (χ1) is 12.2. The van der Waals surface area contributed by atoms with E-state index in [0.29, 0.717) is 6.61 Å². The molecule has 0 atom stereocenters. The van der Waals surface area contributed by atoms with Crippen LogP contribution in [0, 0.1) is 5.92 Å². The second kappa shape index (κ2) is 8.79. The zero-order chi connectivity index (χ0) is 17.5. The lowest BCUT2D eigenvalue weighted by atomic mass is 10.0. The number of carbonyl (C=O) groups is 1. The van der Waals surface area contributed by atoms with Crippen molar-refractivity contribution in [3.8, 4) is 0 Å². The average molecular weight is 338 g/mol. The number of benzene rings is 2. The van der Waals surface area contributed by atoms with Gasteiger partial charge in [0.2, 0.25) is 0 Å². The minimum absolute atomic E-state index is 0.0849. The van der Waals surface area contributed by atoms with E-state index in [2.05, 4.69) is 58.3 Å². The Kier molecular flexibility index (Phi) is 6.20. The molecule has 0 N–H and O–H groups in total. The highest BCUT2D eigenvalue weighted by Crippen LogP contribution is 2.19. The van der Waals surface area contributed by atoms with Crippen LogP contribution in [0.4, 0.5) is 0 Å². The number of rotatable bonds is 6. The zero-order valence-corrected chi connectivity index (χ0v) is 14.8. The highest BCUT2D eigenvalue weighted by atomic mass is 16.5. The molecular formula is C21H26N2O2. The molecule has 25 heavy (non-hydrogen) atoms. The predicted octanol–water partition coefficient (Wildman–Crippen LogP) is 3.14. The lowest BCUT2D eigenvalue weighted by molar-refractivity contribution is -0.152. The molecule has 0 bridgehead atoms. The van der Waals surface area contributed by atoms with Gasteiger partial charge in [-0.15, -0.1) is 0 Å². The van der Waals surface area contributed by atoms with Crippen LogP contribution in [0.1, 0.15) is 18.1 Å². The standard InChI is InChI=1S/C21H26N2O2/c1-2-25-21(24)20-15-22(13-18-9-5-3-6-10-18)17-23(16-20)14-19-11-7-4-8-12-19/h3-12,20H,2,13-17H2,1H3. The molecule has 0 amide bonds. The normalized spacial score (nSPS) is 16.7. The summed E-state index contributed by atoms with van der Waals surface area (Å²) in [4.78, 5) is 17.0. The first kappa shape index (κ1) is 17.6. The average Bonchev–Trinajstić information content (AvgIpc) is 2.63. The molecule has 0 saturated carbocycles. The maximum absolute atomic E-state index is 12.3. The first-order valence-corrected chi connectivity index (χ1v) is 8.94.